The number of nitrogens with one attached hydrogen (secondary N) is 1. The van der Waals surface area contributed by atoms with Gasteiger partial charge in [-0.05, 0) is 21.8 Å². The third kappa shape index (κ3) is 5.30. The molecule has 27 heavy (non-hydrogen) atoms. The van der Waals surface area contributed by atoms with Crippen molar-refractivity contribution in [1.29, 1.82) is 0 Å². The lowest BCUT2D eigenvalue weighted by Crippen LogP contribution is -2.68. The molecule has 146 valence electrons. The van der Waals surface area contributed by atoms with Gasteiger partial charge in [0.1, 0.15) is 0 Å². The van der Waals surface area contributed by atoms with E-state index in [9.17, 15) is 4.79 Å². The van der Waals surface area contributed by atoms with Crippen molar-refractivity contribution in [2.24, 2.45) is 0 Å². The number of carbonyl (C=O) groups is 1. The Balaban J connectivity index is 2.31. The van der Waals surface area contributed by atoms with Crippen molar-refractivity contribution in [3.63, 3.8) is 0 Å². The van der Waals surface area contributed by atoms with Crippen LogP contribution >= 0.6 is 0 Å². The zero-order valence-corrected chi connectivity index (χ0v) is 18.1. The minimum atomic E-state index is -2.70. The molecule has 0 spiro atoms. The van der Waals surface area contributed by atoms with E-state index in [0.717, 1.165) is 23.2 Å². The van der Waals surface area contributed by atoms with Gasteiger partial charge in [0, 0.05) is 6.42 Å². The zero-order chi connectivity index (χ0) is 19.8. The van der Waals surface area contributed by atoms with Crippen molar-refractivity contribution in [2.45, 2.75) is 64.8 Å². The number of amides is 1. The maximum Gasteiger partial charge on any atom is 0.295 e. The highest BCUT2D eigenvalue weighted by Crippen LogP contribution is 2.36. The molecule has 0 saturated heterocycles. The first-order valence-electron chi connectivity index (χ1n) is 9.99. The first-order chi connectivity index (χ1) is 12.9. The van der Waals surface area contributed by atoms with Gasteiger partial charge in [-0.25, -0.2) is 5.48 Å². The van der Waals surface area contributed by atoms with E-state index in [-0.39, 0.29) is 10.9 Å². The first-order valence-corrected chi connectivity index (χ1v) is 11.9. The lowest BCUT2D eigenvalue weighted by atomic mass is 10.1. The van der Waals surface area contributed by atoms with E-state index in [2.05, 4.69) is 57.4 Å². The van der Waals surface area contributed by atoms with Crippen molar-refractivity contribution in [2.75, 3.05) is 0 Å². The van der Waals surface area contributed by atoms with Gasteiger partial charge in [-0.3, -0.25) is 4.79 Å². The number of unbranched alkanes of at least 4 members (excludes halogenated alkanes) is 3. The average molecular weight is 384 g/mol. The fourth-order valence-corrected chi connectivity index (χ4v) is 7.74. The van der Waals surface area contributed by atoms with Crippen LogP contribution in [0.1, 0.15) is 59.8 Å². The van der Waals surface area contributed by atoms with Gasteiger partial charge in [-0.1, -0.05) is 108 Å². The number of hydroxylamine groups is 1. The minimum absolute atomic E-state index is 0.0286. The van der Waals surface area contributed by atoms with Crippen molar-refractivity contribution in [3.05, 3.63) is 60.7 Å². The lowest BCUT2D eigenvalue weighted by molar-refractivity contribution is -0.128. The van der Waals surface area contributed by atoms with Gasteiger partial charge < -0.3 is 4.53 Å². The summed E-state index contributed by atoms with van der Waals surface area (Å²) < 4.78 is 6.42. The molecule has 0 radical (unpaired) electrons. The minimum Gasteiger partial charge on any atom is -0.308 e. The number of benzene rings is 2. The molecule has 0 bridgehead atoms. The molecule has 2 rings (SSSR count). The van der Waals surface area contributed by atoms with E-state index in [4.69, 9.17) is 4.53 Å². The summed E-state index contributed by atoms with van der Waals surface area (Å²) in [6, 6.07) is 20.7. The quantitative estimate of drug-likeness (QED) is 0.391. The van der Waals surface area contributed by atoms with Crippen LogP contribution in [0, 0.1) is 0 Å². The molecule has 1 N–H and O–H groups in total. The van der Waals surface area contributed by atoms with Gasteiger partial charge in [-0.2, -0.15) is 0 Å². The van der Waals surface area contributed by atoms with E-state index in [0.29, 0.717) is 6.42 Å². The molecule has 1 amide bonds. The standard InChI is InChI=1S/C23H33NO2Si/c1-5-6-7-14-19-22(25)24-26-27(23(2,3)4,20-15-10-8-11-16-20)21-17-12-9-13-18-21/h8-13,15-18H,5-7,14,19H2,1-4H3,(H,24,25). The number of hydrogen-bond acceptors (Lipinski definition) is 2. The van der Waals surface area contributed by atoms with Gasteiger partial charge >= 0.3 is 0 Å². The molecule has 0 aliphatic rings. The topological polar surface area (TPSA) is 38.3 Å². The third-order valence-electron chi connectivity index (χ3n) is 4.99. The SMILES string of the molecule is CCCCCCC(=O)NO[Si](c1ccccc1)(c1ccccc1)C(C)(C)C. The number of carbonyl (C=O) groups excluding carboxylic acids is 1. The average Bonchev–Trinajstić information content (AvgIpc) is 2.66. The van der Waals surface area contributed by atoms with Gasteiger partial charge in [0.05, 0.1) is 0 Å². The van der Waals surface area contributed by atoms with Crippen LogP contribution in [-0.4, -0.2) is 14.2 Å². The second kappa shape index (κ2) is 9.86. The zero-order valence-electron chi connectivity index (χ0n) is 17.1. The highest BCUT2D eigenvalue weighted by Gasteiger charge is 2.51. The van der Waals surface area contributed by atoms with Crippen LogP contribution in [0.15, 0.2) is 60.7 Å². The van der Waals surface area contributed by atoms with Gasteiger partial charge in [-0.15, -0.1) is 0 Å². The molecular formula is C23H33NO2Si. The summed E-state index contributed by atoms with van der Waals surface area (Å²) >= 11 is 0. The Labute approximate surface area is 165 Å². The Morgan fingerprint density at radius 2 is 1.41 bits per heavy atom. The van der Waals surface area contributed by atoms with E-state index in [1.807, 2.05) is 36.4 Å². The summed E-state index contributed by atoms with van der Waals surface area (Å²) in [7, 11) is -2.70. The molecule has 0 atom stereocenters. The molecule has 0 aliphatic carbocycles. The maximum absolute atomic E-state index is 12.4. The Morgan fingerprint density at radius 1 is 0.889 bits per heavy atom. The Kier molecular flexibility index (Phi) is 7.81. The first kappa shape index (κ1) is 21.4. The van der Waals surface area contributed by atoms with Crippen LogP contribution in [0.4, 0.5) is 0 Å². The van der Waals surface area contributed by atoms with Crippen LogP contribution in [0.25, 0.3) is 0 Å². The molecule has 0 unspecified atom stereocenters. The maximum atomic E-state index is 12.4. The van der Waals surface area contributed by atoms with Crippen molar-refractivity contribution in [1.82, 2.24) is 5.48 Å². The summed E-state index contributed by atoms with van der Waals surface area (Å²) in [5.74, 6) is -0.0286. The molecule has 0 aromatic heterocycles. The number of hydrogen-bond donors (Lipinski definition) is 1. The van der Waals surface area contributed by atoms with Gasteiger partial charge in [0.15, 0.2) is 0 Å². The fraction of sp³-hybridized carbons (Fsp3) is 0.435. The summed E-state index contributed by atoms with van der Waals surface area (Å²) in [5, 5.41) is 2.18. The Hall–Kier alpha value is -1.91. The largest absolute Gasteiger partial charge is 0.308 e. The predicted octanol–water partition coefficient (Wildman–Crippen LogP) is 4.56. The monoisotopic (exact) mass is 383 g/mol. The van der Waals surface area contributed by atoms with Crippen molar-refractivity contribution in [3.8, 4) is 0 Å². The van der Waals surface area contributed by atoms with Crippen LogP contribution < -0.4 is 15.9 Å². The second-order valence-electron chi connectivity index (χ2n) is 8.10. The molecule has 0 aliphatic heterocycles. The molecule has 4 heteroatoms. The Bertz CT molecular complexity index is 656. The van der Waals surface area contributed by atoms with Crippen LogP contribution in [0.2, 0.25) is 5.04 Å². The van der Waals surface area contributed by atoms with Crippen LogP contribution in [0.5, 0.6) is 0 Å². The lowest BCUT2D eigenvalue weighted by Gasteiger charge is -2.41. The smallest absolute Gasteiger partial charge is 0.295 e. The third-order valence-corrected chi connectivity index (χ3v) is 9.81. The molecule has 0 heterocycles. The highest BCUT2D eigenvalue weighted by atomic mass is 28.4. The van der Waals surface area contributed by atoms with Crippen molar-refractivity contribution < 1.29 is 9.32 Å². The molecule has 2 aromatic rings. The van der Waals surface area contributed by atoms with E-state index in [1.165, 1.54) is 12.8 Å². The van der Waals surface area contributed by atoms with Crippen LogP contribution in [0.3, 0.4) is 0 Å². The summed E-state index contributed by atoms with van der Waals surface area (Å²) in [4.78, 5) is 12.4. The van der Waals surface area contributed by atoms with E-state index in [1.54, 1.807) is 0 Å². The summed E-state index contributed by atoms with van der Waals surface area (Å²) in [6.45, 7) is 8.78. The predicted molar refractivity (Wildman–Crippen MR) is 116 cm³/mol. The second-order valence-corrected chi connectivity index (χ2v) is 12.3. The summed E-state index contributed by atoms with van der Waals surface area (Å²) in [6.07, 6.45) is 4.84. The molecule has 3 nitrogen and oxygen atoms in total. The summed E-state index contributed by atoms with van der Waals surface area (Å²) in [5.41, 5.74) is 2.83. The molecular weight excluding hydrogens is 350 g/mol. The highest BCUT2D eigenvalue weighted by molar-refractivity contribution is 6.99. The van der Waals surface area contributed by atoms with E-state index >= 15 is 0 Å². The molecule has 2 aromatic carbocycles. The van der Waals surface area contributed by atoms with Gasteiger partial charge in [0.25, 0.3) is 8.32 Å². The van der Waals surface area contributed by atoms with Crippen molar-refractivity contribution >= 4 is 24.6 Å². The molecule has 0 fully saturated rings. The Morgan fingerprint density at radius 3 is 1.85 bits per heavy atom. The van der Waals surface area contributed by atoms with Crippen LogP contribution in [-0.2, 0) is 9.32 Å². The van der Waals surface area contributed by atoms with Gasteiger partial charge in [0.2, 0.25) is 5.91 Å². The fourth-order valence-electron chi connectivity index (χ4n) is 3.55. The molecule has 0 saturated carbocycles. The number of rotatable bonds is 9. The normalized spacial score (nSPS) is 12.0. The van der Waals surface area contributed by atoms with E-state index < -0.39 is 8.32 Å².